The molecule has 0 rings (SSSR count). The van der Waals surface area contributed by atoms with E-state index < -0.39 is 0 Å². The van der Waals surface area contributed by atoms with Gasteiger partial charge in [0, 0.05) is 6.04 Å². The van der Waals surface area contributed by atoms with Crippen LogP contribution in [0.4, 0.5) is 0 Å². The van der Waals surface area contributed by atoms with Crippen molar-refractivity contribution < 1.29 is 0 Å². The summed E-state index contributed by atoms with van der Waals surface area (Å²) in [5.41, 5.74) is -0.341. The summed E-state index contributed by atoms with van der Waals surface area (Å²) in [6, 6.07) is 2.74. The van der Waals surface area contributed by atoms with E-state index in [4.69, 9.17) is 5.26 Å². The molecule has 0 bridgehead atoms. The Balaban J connectivity index is 3.83. The van der Waals surface area contributed by atoms with Gasteiger partial charge in [-0.25, -0.2) is 0 Å². The SMILES string of the molecule is CSCCCCC(C)(C#N)NC(C)C. The van der Waals surface area contributed by atoms with Gasteiger partial charge in [0.05, 0.1) is 6.07 Å². The fraction of sp³-hybridized carbons (Fsp3) is 0.909. The molecule has 0 saturated carbocycles. The van der Waals surface area contributed by atoms with Crippen molar-refractivity contribution >= 4 is 11.8 Å². The molecule has 0 aliphatic rings. The first-order valence-electron chi connectivity index (χ1n) is 5.22. The molecule has 3 heteroatoms. The number of unbranched alkanes of at least 4 members (excludes halogenated alkanes) is 1. The largest absolute Gasteiger partial charge is 0.297 e. The van der Waals surface area contributed by atoms with Gasteiger partial charge in [-0.15, -0.1) is 0 Å². The van der Waals surface area contributed by atoms with Crippen LogP contribution < -0.4 is 5.32 Å². The molecule has 14 heavy (non-hydrogen) atoms. The van der Waals surface area contributed by atoms with Crippen LogP contribution in [0.1, 0.15) is 40.0 Å². The van der Waals surface area contributed by atoms with Crippen LogP contribution in [0.25, 0.3) is 0 Å². The third-order valence-electron chi connectivity index (χ3n) is 2.13. The summed E-state index contributed by atoms with van der Waals surface area (Å²) >= 11 is 1.87. The Bertz CT molecular complexity index is 186. The third-order valence-corrected chi connectivity index (χ3v) is 2.83. The van der Waals surface area contributed by atoms with Gasteiger partial charge in [-0.3, -0.25) is 5.32 Å². The predicted octanol–water partition coefficient (Wildman–Crippen LogP) is 2.80. The average molecular weight is 214 g/mol. The second kappa shape index (κ2) is 7.14. The lowest BCUT2D eigenvalue weighted by Crippen LogP contribution is -2.44. The van der Waals surface area contributed by atoms with Gasteiger partial charge in [-0.1, -0.05) is 0 Å². The number of rotatable bonds is 7. The Kier molecular flexibility index (Phi) is 7.04. The molecule has 2 nitrogen and oxygen atoms in total. The van der Waals surface area contributed by atoms with E-state index in [0.717, 1.165) is 12.8 Å². The summed E-state index contributed by atoms with van der Waals surface area (Å²) in [4.78, 5) is 0. The first kappa shape index (κ1) is 13.8. The Morgan fingerprint density at radius 1 is 1.43 bits per heavy atom. The summed E-state index contributed by atoms with van der Waals surface area (Å²) in [5.74, 6) is 1.20. The highest BCUT2D eigenvalue weighted by atomic mass is 32.2. The molecule has 82 valence electrons. The van der Waals surface area contributed by atoms with Crippen LogP contribution in [0.5, 0.6) is 0 Å². The highest BCUT2D eigenvalue weighted by Crippen LogP contribution is 2.14. The van der Waals surface area contributed by atoms with Crippen LogP contribution >= 0.6 is 11.8 Å². The van der Waals surface area contributed by atoms with E-state index in [1.165, 1.54) is 12.2 Å². The van der Waals surface area contributed by atoms with Crippen molar-refractivity contribution in [3.63, 3.8) is 0 Å². The lowest BCUT2D eigenvalue weighted by Gasteiger charge is -2.25. The summed E-state index contributed by atoms with van der Waals surface area (Å²) < 4.78 is 0. The van der Waals surface area contributed by atoms with Gasteiger partial charge in [0.15, 0.2) is 0 Å². The summed E-state index contributed by atoms with van der Waals surface area (Å²) in [6.45, 7) is 6.15. The Morgan fingerprint density at radius 2 is 2.07 bits per heavy atom. The van der Waals surface area contributed by atoms with E-state index >= 15 is 0 Å². The van der Waals surface area contributed by atoms with Crippen molar-refractivity contribution in [2.24, 2.45) is 0 Å². The smallest absolute Gasteiger partial charge is 0.104 e. The quantitative estimate of drug-likeness (QED) is 0.662. The van der Waals surface area contributed by atoms with Crippen molar-refractivity contribution in [3.8, 4) is 6.07 Å². The highest BCUT2D eigenvalue weighted by molar-refractivity contribution is 7.98. The molecule has 0 fully saturated rings. The predicted molar refractivity (Wildman–Crippen MR) is 64.5 cm³/mol. The van der Waals surface area contributed by atoms with Crippen LogP contribution in [0.3, 0.4) is 0 Å². The zero-order chi connectivity index (χ0) is 11.0. The average Bonchev–Trinajstić information content (AvgIpc) is 2.11. The second-order valence-electron chi connectivity index (χ2n) is 4.19. The van der Waals surface area contributed by atoms with Gasteiger partial charge >= 0.3 is 0 Å². The maximum atomic E-state index is 9.07. The molecule has 0 heterocycles. The number of nitrogens with one attached hydrogen (secondary N) is 1. The lowest BCUT2D eigenvalue weighted by atomic mass is 9.96. The van der Waals surface area contributed by atoms with Gasteiger partial charge in [-0.2, -0.15) is 17.0 Å². The minimum absolute atomic E-state index is 0.341. The summed E-state index contributed by atoms with van der Waals surface area (Å²) in [7, 11) is 0. The Morgan fingerprint density at radius 3 is 2.50 bits per heavy atom. The standard InChI is InChI=1S/C11H22N2S/c1-10(2)13-11(3,9-12)7-5-6-8-14-4/h10,13H,5-8H2,1-4H3. The second-order valence-corrected chi connectivity index (χ2v) is 5.18. The van der Waals surface area contributed by atoms with Gasteiger partial charge in [0.25, 0.3) is 0 Å². The van der Waals surface area contributed by atoms with E-state index in [1.54, 1.807) is 0 Å². The third kappa shape index (κ3) is 6.28. The number of nitrogens with zero attached hydrogens (tertiary/aromatic N) is 1. The fourth-order valence-corrected chi connectivity index (χ4v) is 2.02. The zero-order valence-electron chi connectivity index (χ0n) is 9.76. The molecule has 0 spiro atoms. The first-order chi connectivity index (χ1) is 6.54. The van der Waals surface area contributed by atoms with Gasteiger partial charge < -0.3 is 0 Å². The molecule has 0 amide bonds. The van der Waals surface area contributed by atoms with Crippen LogP contribution in [0.15, 0.2) is 0 Å². The van der Waals surface area contributed by atoms with Gasteiger partial charge in [0.2, 0.25) is 0 Å². The minimum atomic E-state index is -0.341. The molecule has 0 aromatic carbocycles. The molecule has 1 unspecified atom stereocenters. The minimum Gasteiger partial charge on any atom is -0.297 e. The maximum absolute atomic E-state index is 9.07. The van der Waals surface area contributed by atoms with Crippen molar-refractivity contribution in [1.82, 2.24) is 5.32 Å². The van der Waals surface area contributed by atoms with Crippen LogP contribution in [-0.2, 0) is 0 Å². The molecule has 0 aromatic heterocycles. The van der Waals surface area contributed by atoms with Crippen LogP contribution in [-0.4, -0.2) is 23.6 Å². The van der Waals surface area contributed by atoms with E-state index in [0.29, 0.717) is 6.04 Å². The molecule has 1 N–H and O–H groups in total. The molecule has 0 aromatic rings. The Labute approximate surface area is 92.5 Å². The zero-order valence-corrected chi connectivity index (χ0v) is 10.6. The van der Waals surface area contributed by atoms with E-state index in [-0.39, 0.29) is 5.54 Å². The topological polar surface area (TPSA) is 35.8 Å². The molecular weight excluding hydrogens is 192 g/mol. The van der Waals surface area contributed by atoms with Crippen molar-refractivity contribution in [2.45, 2.75) is 51.6 Å². The van der Waals surface area contributed by atoms with Gasteiger partial charge in [-0.05, 0) is 52.0 Å². The normalized spacial score (nSPS) is 15.1. The lowest BCUT2D eigenvalue weighted by molar-refractivity contribution is 0.373. The number of thioether (sulfide) groups is 1. The molecule has 0 aliphatic heterocycles. The van der Waals surface area contributed by atoms with Crippen molar-refractivity contribution in [3.05, 3.63) is 0 Å². The Hall–Kier alpha value is -0.200. The van der Waals surface area contributed by atoms with E-state index in [2.05, 4.69) is 31.5 Å². The monoisotopic (exact) mass is 214 g/mol. The molecular formula is C11H22N2S. The summed E-state index contributed by atoms with van der Waals surface area (Å²) in [6.07, 6.45) is 5.40. The molecule has 0 radical (unpaired) electrons. The van der Waals surface area contributed by atoms with Crippen molar-refractivity contribution in [2.75, 3.05) is 12.0 Å². The number of hydrogen-bond acceptors (Lipinski definition) is 3. The van der Waals surface area contributed by atoms with Gasteiger partial charge in [0.1, 0.15) is 5.54 Å². The van der Waals surface area contributed by atoms with E-state index in [9.17, 15) is 0 Å². The molecule has 0 saturated heterocycles. The maximum Gasteiger partial charge on any atom is 0.104 e. The van der Waals surface area contributed by atoms with E-state index in [1.807, 2.05) is 18.7 Å². The number of nitriles is 1. The molecule has 1 atom stereocenters. The highest BCUT2D eigenvalue weighted by Gasteiger charge is 2.23. The summed E-state index contributed by atoms with van der Waals surface area (Å²) in [5, 5.41) is 12.4. The molecule has 0 aliphatic carbocycles. The number of hydrogen-bond donors (Lipinski definition) is 1. The fourth-order valence-electron chi connectivity index (χ4n) is 1.52. The first-order valence-corrected chi connectivity index (χ1v) is 6.61. The van der Waals surface area contributed by atoms with Crippen LogP contribution in [0, 0.1) is 11.3 Å². The van der Waals surface area contributed by atoms with Crippen LogP contribution in [0.2, 0.25) is 0 Å². The van der Waals surface area contributed by atoms with Crippen molar-refractivity contribution in [1.29, 1.82) is 5.26 Å².